The minimum absolute atomic E-state index is 0.110. The quantitative estimate of drug-likeness (QED) is 0.563. The molecule has 1 saturated heterocycles. The number of carboxylic acids is 1. The Morgan fingerprint density at radius 2 is 2.10 bits per heavy atom. The van der Waals surface area contributed by atoms with Gasteiger partial charge < -0.3 is 9.84 Å². The Morgan fingerprint density at radius 1 is 1.45 bits per heavy atom. The van der Waals surface area contributed by atoms with E-state index in [4.69, 9.17) is 9.84 Å². The van der Waals surface area contributed by atoms with Crippen LogP contribution in [0.3, 0.4) is 0 Å². The number of carboxylic acid groups (broad SMARTS) is 1. The van der Waals surface area contributed by atoms with Crippen molar-refractivity contribution in [1.29, 1.82) is 0 Å². The molecular formula is C10H19NO7S2. The summed E-state index contributed by atoms with van der Waals surface area (Å²) in [7, 11) is -5.66. The molecule has 8 nitrogen and oxygen atoms in total. The summed E-state index contributed by atoms with van der Waals surface area (Å²) in [6.07, 6.45) is 0.369. The molecule has 0 saturated carbocycles. The van der Waals surface area contributed by atoms with Gasteiger partial charge in [0.1, 0.15) is 6.54 Å². The van der Waals surface area contributed by atoms with Crippen molar-refractivity contribution in [1.82, 2.24) is 4.31 Å². The van der Waals surface area contributed by atoms with Crippen LogP contribution in [-0.4, -0.2) is 75.8 Å². The molecule has 0 bridgehead atoms. The molecule has 1 heterocycles. The lowest BCUT2D eigenvalue weighted by Crippen LogP contribution is -2.45. The van der Waals surface area contributed by atoms with Crippen LogP contribution in [0.4, 0.5) is 0 Å². The Labute approximate surface area is 118 Å². The number of hydrogen-bond acceptors (Lipinski definition) is 6. The zero-order valence-electron chi connectivity index (χ0n) is 11.2. The van der Waals surface area contributed by atoms with Crippen LogP contribution in [0, 0.1) is 0 Å². The smallest absolute Gasteiger partial charge is 0.318 e. The van der Waals surface area contributed by atoms with Gasteiger partial charge in [0.2, 0.25) is 10.0 Å². The second-order valence-corrected chi connectivity index (χ2v) is 8.93. The maximum absolute atomic E-state index is 12.2. The second-order valence-electron chi connectivity index (χ2n) is 4.66. The SMILES string of the molecule is COCCCS(=O)(=O)N(CC(=O)O)C1CCS(=O)(=O)C1. The number of methoxy groups -OCH3 is 1. The topological polar surface area (TPSA) is 118 Å². The van der Waals surface area contributed by atoms with E-state index in [0.29, 0.717) is 0 Å². The van der Waals surface area contributed by atoms with Crippen molar-refractivity contribution in [3.05, 3.63) is 0 Å². The van der Waals surface area contributed by atoms with E-state index >= 15 is 0 Å². The van der Waals surface area contributed by atoms with E-state index in [2.05, 4.69) is 0 Å². The van der Waals surface area contributed by atoms with Gasteiger partial charge in [0, 0.05) is 19.8 Å². The first-order valence-electron chi connectivity index (χ1n) is 6.08. The van der Waals surface area contributed by atoms with Gasteiger partial charge in [-0.15, -0.1) is 0 Å². The highest BCUT2D eigenvalue weighted by Crippen LogP contribution is 2.21. The summed E-state index contributed by atoms with van der Waals surface area (Å²) in [5, 5.41) is 8.83. The molecule has 0 aromatic heterocycles. The molecule has 10 heteroatoms. The summed E-state index contributed by atoms with van der Waals surface area (Å²) >= 11 is 0. The molecule has 1 aliphatic heterocycles. The Bertz CT molecular complexity index is 540. The van der Waals surface area contributed by atoms with Crippen LogP contribution >= 0.6 is 0 Å². The molecule has 1 rings (SSSR count). The molecule has 0 radical (unpaired) electrons. The summed E-state index contributed by atoms with van der Waals surface area (Å²) in [5.41, 5.74) is 0. The van der Waals surface area contributed by atoms with Gasteiger partial charge in [0.05, 0.1) is 17.3 Å². The zero-order chi connectivity index (χ0) is 15.4. The molecule has 1 N–H and O–H groups in total. The minimum atomic E-state index is -3.82. The maximum atomic E-state index is 12.2. The third-order valence-electron chi connectivity index (χ3n) is 3.01. The van der Waals surface area contributed by atoms with Crippen molar-refractivity contribution >= 4 is 25.8 Å². The fourth-order valence-electron chi connectivity index (χ4n) is 2.09. The van der Waals surface area contributed by atoms with Crippen molar-refractivity contribution in [2.45, 2.75) is 18.9 Å². The van der Waals surface area contributed by atoms with Gasteiger partial charge in [-0.05, 0) is 12.8 Å². The number of carbonyl (C=O) groups is 1. The van der Waals surface area contributed by atoms with Gasteiger partial charge >= 0.3 is 5.97 Å². The number of sulfonamides is 1. The van der Waals surface area contributed by atoms with Crippen molar-refractivity contribution in [2.24, 2.45) is 0 Å². The van der Waals surface area contributed by atoms with Crippen LogP contribution in [0.15, 0.2) is 0 Å². The molecule has 118 valence electrons. The predicted octanol–water partition coefficient (Wildman–Crippen LogP) is -1.07. The van der Waals surface area contributed by atoms with Gasteiger partial charge in [-0.2, -0.15) is 4.31 Å². The number of rotatable bonds is 8. The fraction of sp³-hybridized carbons (Fsp3) is 0.900. The number of aliphatic carboxylic acids is 1. The second kappa shape index (κ2) is 6.83. The molecule has 0 amide bonds. The summed E-state index contributed by atoms with van der Waals surface area (Å²) < 4.78 is 52.7. The Hall–Kier alpha value is -0.710. The zero-order valence-corrected chi connectivity index (χ0v) is 12.8. The number of ether oxygens (including phenoxy) is 1. The van der Waals surface area contributed by atoms with Gasteiger partial charge in [0.25, 0.3) is 0 Å². The molecule has 0 spiro atoms. The largest absolute Gasteiger partial charge is 0.480 e. The summed E-state index contributed by atoms with van der Waals surface area (Å²) in [5.74, 6) is -1.99. The highest BCUT2D eigenvalue weighted by atomic mass is 32.2. The lowest BCUT2D eigenvalue weighted by Gasteiger charge is -2.25. The first-order valence-corrected chi connectivity index (χ1v) is 9.51. The van der Waals surface area contributed by atoms with Crippen LogP contribution in [0.5, 0.6) is 0 Å². The van der Waals surface area contributed by atoms with E-state index in [9.17, 15) is 21.6 Å². The summed E-state index contributed by atoms with van der Waals surface area (Å²) in [6, 6.07) is -0.788. The molecule has 1 aliphatic rings. The predicted molar refractivity (Wildman–Crippen MR) is 71.7 cm³/mol. The Morgan fingerprint density at radius 3 is 2.55 bits per heavy atom. The van der Waals surface area contributed by atoms with Crippen molar-refractivity contribution in [3.8, 4) is 0 Å². The minimum Gasteiger partial charge on any atom is -0.480 e. The van der Waals surface area contributed by atoms with Crippen molar-refractivity contribution < 1.29 is 31.5 Å². The molecule has 0 aromatic rings. The van der Waals surface area contributed by atoms with Crippen molar-refractivity contribution in [2.75, 3.05) is 37.5 Å². The molecule has 1 atom stereocenters. The molecule has 20 heavy (non-hydrogen) atoms. The average molecular weight is 329 g/mol. The highest BCUT2D eigenvalue weighted by molar-refractivity contribution is 7.92. The number of nitrogens with zero attached hydrogens (tertiary/aromatic N) is 1. The van der Waals surface area contributed by atoms with Gasteiger partial charge in [-0.25, -0.2) is 16.8 Å². The fourth-order valence-corrected chi connectivity index (χ4v) is 5.58. The van der Waals surface area contributed by atoms with E-state index in [1.54, 1.807) is 0 Å². The normalized spacial score (nSPS) is 22.2. The first-order chi connectivity index (χ1) is 9.18. The van der Waals surface area contributed by atoms with E-state index < -0.39 is 38.4 Å². The summed E-state index contributed by atoms with van der Waals surface area (Å²) in [4.78, 5) is 10.8. The van der Waals surface area contributed by atoms with Gasteiger partial charge in [-0.3, -0.25) is 4.79 Å². The molecule has 1 unspecified atom stereocenters. The van der Waals surface area contributed by atoms with E-state index in [1.165, 1.54) is 7.11 Å². The molecular weight excluding hydrogens is 310 g/mol. The van der Waals surface area contributed by atoms with Crippen LogP contribution in [0.2, 0.25) is 0 Å². The van der Waals surface area contributed by atoms with Gasteiger partial charge in [0.15, 0.2) is 9.84 Å². The maximum Gasteiger partial charge on any atom is 0.318 e. The van der Waals surface area contributed by atoms with E-state index in [-0.39, 0.29) is 36.7 Å². The molecule has 0 aliphatic carbocycles. The lowest BCUT2D eigenvalue weighted by molar-refractivity contribution is -0.137. The van der Waals surface area contributed by atoms with E-state index in [1.807, 2.05) is 0 Å². The summed E-state index contributed by atoms with van der Waals surface area (Å²) in [6.45, 7) is -0.474. The number of sulfone groups is 1. The highest BCUT2D eigenvalue weighted by Gasteiger charge is 2.38. The Balaban J connectivity index is 2.86. The monoisotopic (exact) mass is 329 g/mol. The first kappa shape index (κ1) is 17.3. The lowest BCUT2D eigenvalue weighted by atomic mass is 10.2. The standard InChI is InChI=1S/C10H19NO7S2/c1-18-4-2-5-20(16,17)11(7-10(12)13)9-3-6-19(14,15)8-9/h9H,2-8H2,1H3,(H,12,13). The average Bonchev–Trinajstić information content (AvgIpc) is 2.66. The molecule has 0 aromatic carbocycles. The van der Waals surface area contributed by atoms with E-state index in [0.717, 1.165) is 4.31 Å². The van der Waals surface area contributed by atoms with Crippen LogP contribution in [0.1, 0.15) is 12.8 Å². The molecule has 1 fully saturated rings. The Kier molecular flexibility index (Phi) is 5.92. The van der Waals surface area contributed by atoms with Gasteiger partial charge in [-0.1, -0.05) is 0 Å². The third-order valence-corrected chi connectivity index (χ3v) is 6.71. The van der Waals surface area contributed by atoms with Crippen LogP contribution in [-0.2, 0) is 29.4 Å². The van der Waals surface area contributed by atoms with Crippen LogP contribution in [0.25, 0.3) is 0 Å². The van der Waals surface area contributed by atoms with Crippen molar-refractivity contribution in [3.63, 3.8) is 0 Å². The van der Waals surface area contributed by atoms with Crippen LogP contribution < -0.4 is 0 Å². The third kappa shape index (κ3) is 5.00. The number of hydrogen-bond donors (Lipinski definition) is 1.